The van der Waals surface area contributed by atoms with Crippen molar-refractivity contribution in [2.24, 2.45) is 5.92 Å². The molecule has 0 fully saturated rings. The maximum absolute atomic E-state index is 11.2. The summed E-state index contributed by atoms with van der Waals surface area (Å²) in [5, 5.41) is 2.85. The molecule has 0 saturated heterocycles. The molecule has 1 aliphatic heterocycles. The maximum Gasteiger partial charge on any atom is 0.227 e. The summed E-state index contributed by atoms with van der Waals surface area (Å²) in [5.74, 6) is 0.210. The molecule has 1 N–H and O–H groups in total. The van der Waals surface area contributed by atoms with Crippen molar-refractivity contribution >= 4 is 11.6 Å². The fourth-order valence-corrected chi connectivity index (χ4v) is 1.43. The minimum atomic E-state index is 0.0910. The fourth-order valence-electron chi connectivity index (χ4n) is 1.43. The van der Waals surface area contributed by atoms with Crippen molar-refractivity contribution in [1.29, 1.82) is 0 Å². The first kappa shape index (κ1) is 7.35. The molecule has 2 rings (SSSR count). The van der Waals surface area contributed by atoms with Gasteiger partial charge in [0.1, 0.15) is 0 Å². The normalized spacial score (nSPS) is 21.4. The van der Waals surface area contributed by atoms with Crippen molar-refractivity contribution in [1.82, 2.24) is 0 Å². The molecule has 0 bridgehead atoms. The molecule has 61 valence electrons. The summed E-state index contributed by atoms with van der Waals surface area (Å²) in [6.07, 6.45) is 0.832. The zero-order valence-electron chi connectivity index (χ0n) is 6.92. The Hall–Kier alpha value is -1.31. The van der Waals surface area contributed by atoms with Crippen LogP contribution in [0.5, 0.6) is 0 Å². The Balaban J connectivity index is 2.40. The minimum Gasteiger partial charge on any atom is -0.326 e. The van der Waals surface area contributed by atoms with E-state index in [4.69, 9.17) is 0 Å². The lowest BCUT2D eigenvalue weighted by Crippen LogP contribution is -2.27. The van der Waals surface area contributed by atoms with Crippen LogP contribution >= 0.6 is 0 Å². The van der Waals surface area contributed by atoms with E-state index in [9.17, 15) is 4.79 Å². The van der Waals surface area contributed by atoms with Gasteiger partial charge in [0.2, 0.25) is 5.91 Å². The number of fused-ring (bicyclic) bond motifs is 1. The lowest BCUT2D eigenvalue weighted by atomic mass is 9.95. The second kappa shape index (κ2) is 2.63. The van der Waals surface area contributed by atoms with E-state index >= 15 is 0 Å². The molecule has 1 aliphatic rings. The third-order valence-corrected chi connectivity index (χ3v) is 2.18. The second-order valence-electron chi connectivity index (χ2n) is 3.18. The van der Waals surface area contributed by atoms with Gasteiger partial charge in [-0.15, -0.1) is 0 Å². The Morgan fingerprint density at radius 1 is 1.67 bits per heavy atom. The van der Waals surface area contributed by atoms with Crippen molar-refractivity contribution in [2.75, 3.05) is 5.32 Å². The second-order valence-corrected chi connectivity index (χ2v) is 3.18. The third-order valence-electron chi connectivity index (χ3n) is 2.18. The number of amides is 1. The largest absolute Gasteiger partial charge is 0.326 e. The molecule has 1 aromatic carbocycles. The molecule has 0 aliphatic carbocycles. The van der Waals surface area contributed by atoms with Crippen LogP contribution in [0.25, 0.3) is 0 Å². The van der Waals surface area contributed by atoms with Crippen molar-refractivity contribution in [3.8, 4) is 0 Å². The number of hydrogen-bond donors (Lipinski definition) is 1. The van der Waals surface area contributed by atoms with E-state index in [-0.39, 0.29) is 11.8 Å². The van der Waals surface area contributed by atoms with Crippen LogP contribution in [-0.4, -0.2) is 5.91 Å². The van der Waals surface area contributed by atoms with Crippen LogP contribution in [0.4, 0.5) is 5.69 Å². The molecule has 0 spiro atoms. The number of hydrogen-bond acceptors (Lipinski definition) is 1. The number of anilines is 1. The highest BCUT2D eigenvalue weighted by molar-refractivity contribution is 5.95. The summed E-state index contributed by atoms with van der Waals surface area (Å²) in [7, 11) is 0. The highest BCUT2D eigenvalue weighted by Crippen LogP contribution is 2.24. The first-order valence-corrected chi connectivity index (χ1v) is 4.07. The number of benzene rings is 1. The van der Waals surface area contributed by atoms with Gasteiger partial charge in [0, 0.05) is 11.6 Å². The van der Waals surface area contributed by atoms with Crippen LogP contribution in [0.15, 0.2) is 18.2 Å². The molecule has 1 unspecified atom stereocenters. The topological polar surface area (TPSA) is 29.1 Å². The van der Waals surface area contributed by atoms with Crippen LogP contribution in [0, 0.1) is 12.0 Å². The standard InChI is InChI=1S/C10H10NO/c1-7-6-8-4-2-3-5-9(8)11-10(7)12/h3-5,7H,6H2,1H3,(H,11,12). The average Bonchev–Trinajstić information content (AvgIpc) is 2.07. The zero-order valence-corrected chi connectivity index (χ0v) is 6.92. The van der Waals surface area contributed by atoms with E-state index in [0.717, 1.165) is 12.1 Å². The van der Waals surface area contributed by atoms with Crippen LogP contribution in [0.1, 0.15) is 12.5 Å². The summed E-state index contributed by atoms with van der Waals surface area (Å²) in [6.45, 7) is 1.94. The SMILES string of the molecule is CC1Cc2c[c]ccc2NC1=O. The Bertz CT molecular complexity index is 319. The van der Waals surface area contributed by atoms with Gasteiger partial charge in [0.05, 0.1) is 0 Å². The first-order chi connectivity index (χ1) is 5.77. The van der Waals surface area contributed by atoms with Gasteiger partial charge in [-0.2, -0.15) is 0 Å². The van der Waals surface area contributed by atoms with E-state index < -0.39 is 0 Å². The smallest absolute Gasteiger partial charge is 0.227 e. The minimum absolute atomic E-state index is 0.0910. The van der Waals surface area contributed by atoms with Crippen LogP contribution < -0.4 is 5.32 Å². The Morgan fingerprint density at radius 3 is 3.33 bits per heavy atom. The third kappa shape index (κ3) is 1.09. The lowest BCUT2D eigenvalue weighted by molar-refractivity contribution is -0.119. The summed E-state index contributed by atoms with van der Waals surface area (Å²) in [6, 6.07) is 8.64. The van der Waals surface area contributed by atoms with Gasteiger partial charge in [-0.25, -0.2) is 0 Å². The molecule has 1 amide bonds. The average molecular weight is 160 g/mol. The van der Waals surface area contributed by atoms with Gasteiger partial charge >= 0.3 is 0 Å². The van der Waals surface area contributed by atoms with E-state index in [2.05, 4.69) is 11.4 Å². The number of rotatable bonds is 0. The molecule has 1 atom stereocenters. The van der Waals surface area contributed by atoms with Gasteiger partial charge in [0.25, 0.3) is 0 Å². The predicted octanol–water partition coefficient (Wildman–Crippen LogP) is 1.62. The van der Waals surface area contributed by atoms with Crippen LogP contribution in [0.3, 0.4) is 0 Å². The predicted molar refractivity (Wildman–Crippen MR) is 46.8 cm³/mol. The number of carbonyl (C=O) groups excluding carboxylic acids is 1. The van der Waals surface area contributed by atoms with Gasteiger partial charge in [0.15, 0.2) is 0 Å². The maximum atomic E-state index is 11.2. The molecule has 2 heteroatoms. The summed E-state index contributed by atoms with van der Waals surface area (Å²) < 4.78 is 0. The highest BCUT2D eigenvalue weighted by Gasteiger charge is 2.20. The van der Waals surface area contributed by atoms with Gasteiger partial charge in [-0.05, 0) is 30.2 Å². The van der Waals surface area contributed by atoms with Crippen molar-refractivity contribution in [2.45, 2.75) is 13.3 Å². The van der Waals surface area contributed by atoms with E-state index in [1.807, 2.05) is 25.1 Å². The quantitative estimate of drug-likeness (QED) is 0.614. The molecule has 0 saturated carbocycles. The molecule has 2 nitrogen and oxygen atoms in total. The Kier molecular flexibility index (Phi) is 1.61. The molecule has 1 heterocycles. The lowest BCUT2D eigenvalue weighted by Gasteiger charge is -2.21. The molecule has 1 aromatic rings. The molecular weight excluding hydrogens is 150 g/mol. The first-order valence-electron chi connectivity index (χ1n) is 4.07. The van der Waals surface area contributed by atoms with E-state index in [1.165, 1.54) is 5.56 Å². The van der Waals surface area contributed by atoms with Gasteiger partial charge < -0.3 is 5.32 Å². The molecule has 1 radical (unpaired) electrons. The number of nitrogens with one attached hydrogen (secondary N) is 1. The van der Waals surface area contributed by atoms with E-state index in [1.54, 1.807) is 0 Å². The van der Waals surface area contributed by atoms with Crippen LogP contribution in [-0.2, 0) is 11.2 Å². The monoisotopic (exact) mass is 160 g/mol. The van der Waals surface area contributed by atoms with Crippen molar-refractivity contribution in [3.05, 3.63) is 29.8 Å². The summed E-state index contributed by atoms with van der Waals surface area (Å²) in [5.41, 5.74) is 2.13. The Labute approximate surface area is 71.6 Å². The summed E-state index contributed by atoms with van der Waals surface area (Å²) >= 11 is 0. The van der Waals surface area contributed by atoms with Crippen molar-refractivity contribution in [3.63, 3.8) is 0 Å². The highest BCUT2D eigenvalue weighted by atomic mass is 16.1. The van der Waals surface area contributed by atoms with E-state index in [0.29, 0.717) is 0 Å². The molecule has 0 aromatic heterocycles. The summed E-state index contributed by atoms with van der Waals surface area (Å²) in [4.78, 5) is 11.2. The number of carbonyl (C=O) groups is 1. The fraction of sp³-hybridized carbons (Fsp3) is 0.300. The Morgan fingerprint density at radius 2 is 2.50 bits per heavy atom. The van der Waals surface area contributed by atoms with Crippen LogP contribution in [0.2, 0.25) is 0 Å². The van der Waals surface area contributed by atoms with Crippen molar-refractivity contribution < 1.29 is 4.79 Å². The van der Waals surface area contributed by atoms with Gasteiger partial charge in [-0.3, -0.25) is 4.79 Å². The molecule has 12 heavy (non-hydrogen) atoms. The van der Waals surface area contributed by atoms with Gasteiger partial charge in [-0.1, -0.05) is 13.0 Å². The zero-order chi connectivity index (χ0) is 8.55. The molecular formula is C10H10NO.